The van der Waals surface area contributed by atoms with Crippen molar-refractivity contribution in [1.82, 2.24) is 0 Å². The van der Waals surface area contributed by atoms with E-state index in [0.29, 0.717) is 0 Å². The second-order valence-electron chi connectivity index (χ2n) is 3.72. The van der Waals surface area contributed by atoms with Crippen LogP contribution in [-0.4, -0.2) is 17.3 Å². The second kappa shape index (κ2) is 6.99. The number of rotatable bonds is 3. The molecular weight excluding hydrogens is 342 g/mol. The summed E-state index contributed by atoms with van der Waals surface area (Å²) in [7, 11) is 0. The minimum absolute atomic E-state index is 0.220. The van der Waals surface area contributed by atoms with Gasteiger partial charge in [0.05, 0.1) is 4.24 Å². The summed E-state index contributed by atoms with van der Waals surface area (Å²) in [5.74, 6) is 1.71. The van der Waals surface area contributed by atoms with Crippen LogP contribution in [0.3, 0.4) is 0 Å². The van der Waals surface area contributed by atoms with Crippen molar-refractivity contribution >= 4 is 51.3 Å². The molecule has 2 rings (SSSR count). The maximum atomic E-state index is 12.0. The summed E-state index contributed by atoms with van der Waals surface area (Å²) in [6.07, 6.45) is 3.20. The van der Waals surface area contributed by atoms with Gasteiger partial charge in [-0.25, -0.2) is 0 Å². The van der Waals surface area contributed by atoms with Gasteiger partial charge in [-0.3, -0.25) is 4.79 Å². The highest BCUT2D eigenvalue weighted by Gasteiger charge is 2.18. The van der Waals surface area contributed by atoms with Crippen molar-refractivity contribution in [2.45, 2.75) is 0 Å². The third-order valence-corrected chi connectivity index (χ3v) is 5.65. The number of carbonyl (C=O) groups excluding carboxylic acids is 1. The Kier molecular flexibility index (Phi) is 5.32. The van der Waals surface area contributed by atoms with Crippen molar-refractivity contribution in [3.8, 4) is 6.07 Å². The fourth-order valence-electron chi connectivity index (χ4n) is 1.49. The molecule has 1 aromatic carbocycles. The summed E-state index contributed by atoms with van der Waals surface area (Å²) in [5.41, 5.74) is 1.20. The van der Waals surface area contributed by atoms with Crippen molar-refractivity contribution in [3.05, 3.63) is 50.2 Å². The predicted molar refractivity (Wildman–Crippen MR) is 85.7 cm³/mol. The highest BCUT2D eigenvalue weighted by atomic mass is 79.9. The van der Waals surface area contributed by atoms with Crippen molar-refractivity contribution in [3.63, 3.8) is 0 Å². The average molecular weight is 352 g/mol. The number of nitriles is 1. The SMILES string of the molecule is N#CC(C(=O)/C=C/c1ccc(Br)cc1)=C1SCCS1. The van der Waals surface area contributed by atoms with Crippen LogP contribution in [0.4, 0.5) is 0 Å². The van der Waals surface area contributed by atoms with Gasteiger partial charge in [-0.05, 0) is 23.8 Å². The summed E-state index contributed by atoms with van der Waals surface area (Å²) in [5, 5.41) is 9.09. The highest BCUT2D eigenvalue weighted by Crippen LogP contribution is 2.38. The molecule has 1 fully saturated rings. The molecule has 0 saturated carbocycles. The van der Waals surface area contributed by atoms with Gasteiger partial charge < -0.3 is 0 Å². The van der Waals surface area contributed by atoms with Gasteiger partial charge in [0.1, 0.15) is 11.6 Å². The van der Waals surface area contributed by atoms with E-state index in [9.17, 15) is 4.79 Å². The highest BCUT2D eigenvalue weighted by molar-refractivity contribution is 9.10. The van der Waals surface area contributed by atoms with Crippen LogP contribution in [0.15, 0.2) is 44.6 Å². The molecule has 1 heterocycles. The van der Waals surface area contributed by atoms with Crippen LogP contribution >= 0.6 is 39.5 Å². The molecule has 1 aromatic rings. The lowest BCUT2D eigenvalue weighted by Crippen LogP contribution is -1.97. The van der Waals surface area contributed by atoms with Crippen LogP contribution < -0.4 is 0 Å². The van der Waals surface area contributed by atoms with E-state index in [4.69, 9.17) is 5.26 Å². The Bertz CT molecular complexity index is 576. The normalized spacial score (nSPS) is 14.6. The summed E-state index contributed by atoms with van der Waals surface area (Å²) in [6.45, 7) is 0. The van der Waals surface area contributed by atoms with Crippen LogP contribution in [0.2, 0.25) is 0 Å². The summed E-state index contributed by atoms with van der Waals surface area (Å²) < 4.78 is 1.85. The topological polar surface area (TPSA) is 40.9 Å². The first-order valence-corrected chi connectivity index (χ1v) is 8.35. The van der Waals surface area contributed by atoms with Gasteiger partial charge in [-0.15, -0.1) is 23.5 Å². The Labute approximate surface area is 129 Å². The molecule has 0 bridgehead atoms. The van der Waals surface area contributed by atoms with Gasteiger partial charge >= 0.3 is 0 Å². The monoisotopic (exact) mass is 351 g/mol. The van der Waals surface area contributed by atoms with E-state index < -0.39 is 0 Å². The molecule has 1 aliphatic rings. The lowest BCUT2D eigenvalue weighted by Gasteiger charge is -1.97. The van der Waals surface area contributed by atoms with Crippen LogP contribution in [0.5, 0.6) is 0 Å². The molecule has 0 aliphatic carbocycles. The minimum atomic E-state index is -0.220. The molecule has 0 amide bonds. The van der Waals surface area contributed by atoms with Crippen molar-refractivity contribution in [1.29, 1.82) is 5.26 Å². The van der Waals surface area contributed by atoms with Gasteiger partial charge in [0.15, 0.2) is 5.78 Å². The number of halogens is 1. The van der Waals surface area contributed by atoms with Gasteiger partial charge in [-0.2, -0.15) is 5.26 Å². The predicted octanol–water partition coefficient (Wildman–Crippen LogP) is 4.25. The summed E-state index contributed by atoms with van der Waals surface area (Å²) in [4.78, 5) is 12.0. The van der Waals surface area contributed by atoms with E-state index in [0.717, 1.165) is 25.8 Å². The fraction of sp³-hybridized carbons (Fsp3) is 0.143. The molecule has 0 radical (unpaired) electrons. The molecular formula is C14H10BrNOS2. The first-order valence-electron chi connectivity index (χ1n) is 5.58. The lowest BCUT2D eigenvalue weighted by molar-refractivity contribution is -0.110. The van der Waals surface area contributed by atoms with Gasteiger partial charge in [0, 0.05) is 16.0 Å². The summed E-state index contributed by atoms with van der Waals surface area (Å²) >= 11 is 6.53. The Morgan fingerprint density at radius 3 is 2.47 bits per heavy atom. The van der Waals surface area contributed by atoms with Crippen molar-refractivity contribution in [2.75, 3.05) is 11.5 Å². The number of allylic oxidation sites excluding steroid dienone is 2. The van der Waals surface area contributed by atoms with Crippen molar-refractivity contribution in [2.24, 2.45) is 0 Å². The quantitative estimate of drug-likeness (QED) is 0.602. The number of nitrogens with zero attached hydrogens (tertiary/aromatic N) is 1. The molecule has 1 saturated heterocycles. The Hall–Kier alpha value is -0.960. The molecule has 1 aliphatic heterocycles. The maximum Gasteiger partial charge on any atom is 0.198 e. The molecule has 0 aromatic heterocycles. The zero-order chi connectivity index (χ0) is 13.7. The second-order valence-corrected chi connectivity index (χ2v) is 7.10. The van der Waals surface area contributed by atoms with Crippen LogP contribution in [-0.2, 0) is 4.79 Å². The molecule has 0 spiro atoms. The minimum Gasteiger partial charge on any atom is -0.288 e. The Morgan fingerprint density at radius 1 is 1.26 bits per heavy atom. The zero-order valence-electron chi connectivity index (χ0n) is 9.93. The zero-order valence-corrected chi connectivity index (χ0v) is 13.1. The number of thioether (sulfide) groups is 2. The number of benzene rings is 1. The van der Waals surface area contributed by atoms with Gasteiger partial charge in [0.25, 0.3) is 0 Å². The molecule has 19 heavy (non-hydrogen) atoms. The van der Waals surface area contributed by atoms with E-state index in [1.165, 1.54) is 6.08 Å². The number of hydrogen-bond acceptors (Lipinski definition) is 4. The van der Waals surface area contributed by atoms with E-state index in [-0.39, 0.29) is 11.4 Å². The molecule has 0 atom stereocenters. The fourth-order valence-corrected chi connectivity index (χ4v) is 4.20. The van der Waals surface area contributed by atoms with E-state index in [1.54, 1.807) is 29.6 Å². The first kappa shape index (κ1) is 14.4. The third-order valence-electron chi connectivity index (χ3n) is 2.41. The molecule has 0 N–H and O–H groups in total. The molecule has 96 valence electrons. The standard InChI is InChI=1S/C14H10BrNOS2/c15-11-4-1-10(2-5-11)3-6-13(17)12(9-16)14-18-7-8-19-14/h1-6H,7-8H2/b6-3+. The maximum absolute atomic E-state index is 12.0. The Balaban J connectivity index is 2.14. The molecule has 0 unspecified atom stereocenters. The molecule has 2 nitrogen and oxygen atoms in total. The smallest absolute Gasteiger partial charge is 0.198 e. The van der Waals surface area contributed by atoms with E-state index >= 15 is 0 Å². The average Bonchev–Trinajstić information content (AvgIpc) is 2.93. The molecule has 5 heteroatoms. The third kappa shape index (κ3) is 4.00. The van der Waals surface area contributed by atoms with Gasteiger partial charge in [0.2, 0.25) is 0 Å². The van der Waals surface area contributed by atoms with Crippen LogP contribution in [0, 0.1) is 11.3 Å². The van der Waals surface area contributed by atoms with Gasteiger partial charge in [-0.1, -0.05) is 34.1 Å². The largest absolute Gasteiger partial charge is 0.288 e. The number of hydrogen-bond donors (Lipinski definition) is 0. The lowest BCUT2D eigenvalue weighted by atomic mass is 10.1. The number of ketones is 1. The van der Waals surface area contributed by atoms with Crippen molar-refractivity contribution < 1.29 is 4.79 Å². The number of carbonyl (C=O) groups is 1. The Morgan fingerprint density at radius 2 is 1.89 bits per heavy atom. The summed E-state index contributed by atoms with van der Waals surface area (Å²) in [6, 6.07) is 9.66. The van der Waals surface area contributed by atoms with Crippen LogP contribution in [0.1, 0.15) is 5.56 Å². The van der Waals surface area contributed by atoms with E-state index in [2.05, 4.69) is 15.9 Å². The van der Waals surface area contributed by atoms with E-state index in [1.807, 2.05) is 30.3 Å². The van der Waals surface area contributed by atoms with Crippen LogP contribution in [0.25, 0.3) is 6.08 Å². The first-order chi connectivity index (χ1) is 9.20.